The lowest BCUT2D eigenvalue weighted by Crippen LogP contribution is -2.56. The highest BCUT2D eigenvalue weighted by Crippen LogP contribution is 2.27. The van der Waals surface area contributed by atoms with Gasteiger partial charge in [-0.2, -0.15) is 8.42 Å². The number of carbonyl (C=O) groups is 3. The van der Waals surface area contributed by atoms with E-state index in [4.69, 9.17) is 0 Å². The first-order valence-corrected chi connectivity index (χ1v) is 12.4. The third-order valence-corrected chi connectivity index (χ3v) is 7.29. The zero-order valence-electron chi connectivity index (χ0n) is 17.6. The van der Waals surface area contributed by atoms with Gasteiger partial charge in [0.2, 0.25) is 5.91 Å². The molecule has 11 nitrogen and oxygen atoms in total. The second-order valence-corrected chi connectivity index (χ2v) is 9.97. The minimum Gasteiger partial charge on any atom is -0.480 e. The van der Waals surface area contributed by atoms with Crippen molar-refractivity contribution in [1.29, 1.82) is 0 Å². The standard InChI is InChI=1S/C21H21N3O8S2/c25-18(17(34(30,31)32)13-7-3-1-4-8-13)22-16(21(28)29)19-23-15(20(26)27)14(12-33-19)11-24-9-5-2-6-10-24/h1-10,16-17,19,23H,11-12H2,(H3-,22,25,26,27,28,29,30,31,32)/p+1/t16-,17+,19+/m0/s1. The highest BCUT2D eigenvalue weighted by atomic mass is 32.2. The molecule has 5 N–H and O–H groups in total. The average Bonchev–Trinajstić information content (AvgIpc) is 2.78. The van der Waals surface area contributed by atoms with Gasteiger partial charge < -0.3 is 20.8 Å². The number of hydrogen-bond donors (Lipinski definition) is 5. The predicted molar refractivity (Wildman–Crippen MR) is 121 cm³/mol. The van der Waals surface area contributed by atoms with Gasteiger partial charge in [0.1, 0.15) is 11.1 Å². The number of hydrogen-bond acceptors (Lipinski definition) is 7. The molecule has 1 aliphatic heterocycles. The number of carbonyl (C=O) groups excluding carboxylic acids is 1. The zero-order chi connectivity index (χ0) is 24.9. The van der Waals surface area contributed by atoms with Gasteiger partial charge in [-0.25, -0.2) is 14.2 Å². The number of carboxylic acid groups (broad SMARTS) is 2. The first-order chi connectivity index (χ1) is 16.1. The molecule has 3 atom stereocenters. The highest BCUT2D eigenvalue weighted by Gasteiger charge is 2.40. The van der Waals surface area contributed by atoms with Gasteiger partial charge in [-0.1, -0.05) is 36.4 Å². The maximum Gasteiger partial charge on any atom is 0.352 e. The maximum atomic E-state index is 12.8. The van der Waals surface area contributed by atoms with Crippen LogP contribution in [0.5, 0.6) is 0 Å². The molecule has 1 aromatic carbocycles. The van der Waals surface area contributed by atoms with Crippen molar-refractivity contribution >= 4 is 39.7 Å². The van der Waals surface area contributed by atoms with Gasteiger partial charge in [-0.05, 0) is 5.56 Å². The SMILES string of the molecule is O=C(O)C1=C(C[n+]2ccccc2)CS[C@H]([C@H](NC(=O)[C@@H](c2ccccc2)S(=O)(=O)O)C(=O)O)N1. The Morgan fingerprint density at radius 3 is 2.26 bits per heavy atom. The fraction of sp³-hybridized carbons (Fsp3) is 0.238. The molecule has 0 radical (unpaired) electrons. The molecule has 3 rings (SSSR count). The van der Waals surface area contributed by atoms with Crippen molar-refractivity contribution in [3.8, 4) is 0 Å². The van der Waals surface area contributed by atoms with Crippen molar-refractivity contribution < 1.29 is 42.1 Å². The van der Waals surface area contributed by atoms with E-state index in [1.54, 1.807) is 35.2 Å². The average molecular weight is 509 g/mol. The van der Waals surface area contributed by atoms with Crippen LogP contribution >= 0.6 is 11.8 Å². The Morgan fingerprint density at radius 2 is 1.71 bits per heavy atom. The number of pyridine rings is 1. The summed E-state index contributed by atoms with van der Waals surface area (Å²) in [6.45, 7) is 0.248. The number of aromatic nitrogens is 1. The largest absolute Gasteiger partial charge is 0.480 e. The van der Waals surface area contributed by atoms with Crippen LogP contribution in [0.4, 0.5) is 0 Å². The van der Waals surface area contributed by atoms with Crippen LogP contribution in [-0.4, -0.2) is 58.2 Å². The molecular formula is C21H22N3O8S2+. The Bertz CT molecular complexity index is 1200. The molecule has 2 aromatic rings. The molecule has 0 saturated heterocycles. The summed E-state index contributed by atoms with van der Waals surface area (Å²) in [7, 11) is -4.93. The number of thioether (sulfide) groups is 1. The smallest absolute Gasteiger partial charge is 0.352 e. The Kier molecular flexibility index (Phi) is 7.91. The summed E-state index contributed by atoms with van der Waals surface area (Å²) >= 11 is 1.05. The van der Waals surface area contributed by atoms with Crippen LogP contribution in [0.25, 0.3) is 0 Å². The van der Waals surface area contributed by atoms with E-state index in [1.165, 1.54) is 24.3 Å². The van der Waals surface area contributed by atoms with E-state index < -0.39 is 44.6 Å². The van der Waals surface area contributed by atoms with Crippen molar-refractivity contribution in [2.24, 2.45) is 0 Å². The van der Waals surface area contributed by atoms with E-state index in [0.29, 0.717) is 5.57 Å². The van der Waals surface area contributed by atoms with Crippen molar-refractivity contribution in [3.63, 3.8) is 0 Å². The third kappa shape index (κ3) is 6.12. The first-order valence-electron chi connectivity index (χ1n) is 9.90. The van der Waals surface area contributed by atoms with Gasteiger partial charge in [0.25, 0.3) is 10.1 Å². The molecule has 13 heteroatoms. The number of aliphatic carboxylic acids is 2. The third-order valence-electron chi connectivity index (χ3n) is 4.95. The number of nitrogens with zero attached hydrogens (tertiary/aromatic N) is 1. The number of rotatable bonds is 9. The minimum atomic E-state index is -4.93. The lowest BCUT2D eigenvalue weighted by molar-refractivity contribution is -0.689. The fourth-order valence-electron chi connectivity index (χ4n) is 3.41. The summed E-state index contributed by atoms with van der Waals surface area (Å²) in [5, 5.41) is 21.0. The number of nitrogens with one attached hydrogen (secondary N) is 2. The molecule has 0 saturated carbocycles. The Hall–Kier alpha value is -3.42. The molecule has 1 aromatic heterocycles. The summed E-state index contributed by atoms with van der Waals surface area (Å²) in [5.74, 6) is -3.91. The topological polar surface area (TPSA) is 174 Å². The van der Waals surface area contributed by atoms with Gasteiger partial charge in [0.05, 0.1) is 0 Å². The molecule has 1 amide bonds. The van der Waals surface area contributed by atoms with Gasteiger partial charge >= 0.3 is 11.9 Å². The molecule has 2 heterocycles. The van der Waals surface area contributed by atoms with E-state index in [1.807, 2.05) is 6.07 Å². The summed E-state index contributed by atoms with van der Waals surface area (Å²) in [6, 6.07) is 10.8. The molecule has 0 unspecified atom stereocenters. The van der Waals surface area contributed by atoms with E-state index in [9.17, 15) is 37.6 Å². The second-order valence-electron chi connectivity index (χ2n) is 7.34. The monoisotopic (exact) mass is 508 g/mol. The molecule has 0 fully saturated rings. The van der Waals surface area contributed by atoms with Gasteiger partial charge in [-0.15, -0.1) is 11.8 Å². The summed E-state index contributed by atoms with van der Waals surface area (Å²) in [4.78, 5) is 36.6. The normalized spacial score (nSPS) is 17.9. The first kappa shape index (κ1) is 25.2. The Labute approximate surface area is 199 Å². The van der Waals surface area contributed by atoms with Crippen LogP contribution in [-0.2, 0) is 31.0 Å². The van der Waals surface area contributed by atoms with Crippen LogP contribution in [0.2, 0.25) is 0 Å². The van der Waals surface area contributed by atoms with Gasteiger partial charge in [-0.3, -0.25) is 9.35 Å². The van der Waals surface area contributed by atoms with E-state index >= 15 is 0 Å². The fourth-order valence-corrected chi connectivity index (χ4v) is 5.44. The number of benzene rings is 1. The molecule has 0 aliphatic carbocycles. The maximum absolute atomic E-state index is 12.8. The summed E-state index contributed by atoms with van der Waals surface area (Å²) in [5.41, 5.74) is 0.250. The van der Waals surface area contributed by atoms with Crippen LogP contribution in [0, 0.1) is 0 Å². The predicted octanol–water partition coefficient (Wildman–Crippen LogP) is 0.174. The van der Waals surface area contributed by atoms with Crippen molar-refractivity contribution in [2.75, 3.05) is 5.75 Å². The lowest BCUT2D eigenvalue weighted by Gasteiger charge is -2.31. The van der Waals surface area contributed by atoms with E-state index in [-0.39, 0.29) is 23.6 Å². The molecular weight excluding hydrogens is 486 g/mol. The summed E-state index contributed by atoms with van der Waals surface area (Å²) < 4.78 is 35.2. The number of amides is 1. The molecule has 34 heavy (non-hydrogen) atoms. The van der Waals surface area contributed by atoms with Crippen LogP contribution < -0.4 is 15.2 Å². The van der Waals surface area contributed by atoms with Gasteiger partial charge in [0.15, 0.2) is 30.2 Å². The second kappa shape index (κ2) is 10.7. The molecule has 180 valence electrons. The van der Waals surface area contributed by atoms with Crippen molar-refractivity contribution in [3.05, 3.63) is 77.8 Å². The van der Waals surface area contributed by atoms with Crippen molar-refractivity contribution in [2.45, 2.75) is 23.2 Å². The quantitative estimate of drug-likeness (QED) is 0.232. The van der Waals surface area contributed by atoms with Crippen molar-refractivity contribution in [1.82, 2.24) is 10.6 Å². The molecule has 0 spiro atoms. The van der Waals surface area contributed by atoms with Crippen LogP contribution in [0.3, 0.4) is 0 Å². The van der Waals surface area contributed by atoms with Crippen LogP contribution in [0.15, 0.2) is 72.2 Å². The highest BCUT2D eigenvalue weighted by molar-refractivity contribution is 8.00. The molecule has 0 bridgehead atoms. The van der Waals surface area contributed by atoms with E-state index in [2.05, 4.69) is 10.6 Å². The Balaban J connectivity index is 1.84. The van der Waals surface area contributed by atoms with Crippen LogP contribution in [0.1, 0.15) is 10.8 Å². The molecule has 1 aliphatic rings. The Morgan fingerprint density at radius 1 is 1.09 bits per heavy atom. The zero-order valence-corrected chi connectivity index (χ0v) is 19.2. The minimum absolute atomic E-state index is 0.0517. The van der Waals surface area contributed by atoms with E-state index in [0.717, 1.165) is 11.8 Å². The summed E-state index contributed by atoms with van der Waals surface area (Å²) in [6.07, 6.45) is 3.51. The lowest BCUT2D eigenvalue weighted by atomic mass is 10.1. The number of carboxylic acids is 2. The van der Waals surface area contributed by atoms with Gasteiger partial charge in [0, 0.05) is 23.5 Å².